The molecule has 1 atom stereocenters. The lowest BCUT2D eigenvalue weighted by atomic mass is 9.96. The summed E-state index contributed by atoms with van der Waals surface area (Å²) in [5.74, 6) is 0.933. The SMILES string of the molecule is CSc1ncc(CNC(=O)[C@H]2CCOc3ccccc3C2)n1C. The van der Waals surface area contributed by atoms with Gasteiger partial charge in [0.25, 0.3) is 0 Å². The Labute approximate surface area is 140 Å². The van der Waals surface area contributed by atoms with E-state index in [1.165, 1.54) is 0 Å². The molecule has 1 N–H and O–H groups in total. The Bertz CT molecular complexity index is 699. The Balaban J connectivity index is 1.63. The fourth-order valence-corrected chi connectivity index (χ4v) is 3.37. The van der Waals surface area contributed by atoms with Crippen LogP contribution in [0.2, 0.25) is 0 Å². The average molecular weight is 331 g/mol. The van der Waals surface area contributed by atoms with Gasteiger partial charge < -0.3 is 14.6 Å². The second kappa shape index (κ2) is 7.08. The Morgan fingerprint density at radius 1 is 1.48 bits per heavy atom. The molecule has 0 saturated carbocycles. The number of amides is 1. The van der Waals surface area contributed by atoms with Crippen LogP contribution in [0.1, 0.15) is 17.7 Å². The number of benzene rings is 1. The van der Waals surface area contributed by atoms with E-state index in [2.05, 4.69) is 10.3 Å². The minimum Gasteiger partial charge on any atom is -0.493 e. The number of hydrogen-bond acceptors (Lipinski definition) is 4. The summed E-state index contributed by atoms with van der Waals surface area (Å²) in [5, 5.41) is 3.99. The van der Waals surface area contributed by atoms with Crippen LogP contribution in [-0.2, 0) is 24.8 Å². The summed E-state index contributed by atoms with van der Waals surface area (Å²) < 4.78 is 7.74. The van der Waals surface area contributed by atoms with E-state index < -0.39 is 0 Å². The summed E-state index contributed by atoms with van der Waals surface area (Å²) in [4.78, 5) is 16.8. The van der Waals surface area contributed by atoms with Gasteiger partial charge in [-0.1, -0.05) is 30.0 Å². The second-order valence-electron chi connectivity index (χ2n) is 5.66. The molecule has 1 aromatic carbocycles. The lowest BCUT2D eigenvalue weighted by Crippen LogP contribution is -2.32. The number of aromatic nitrogens is 2. The van der Waals surface area contributed by atoms with Crippen molar-refractivity contribution in [1.82, 2.24) is 14.9 Å². The first-order valence-corrected chi connectivity index (χ1v) is 8.94. The quantitative estimate of drug-likeness (QED) is 0.874. The molecular formula is C17H21N3O2S. The van der Waals surface area contributed by atoms with Crippen molar-refractivity contribution in [2.45, 2.75) is 24.5 Å². The Morgan fingerprint density at radius 3 is 3.09 bits per heavy atom. The number of fused-ring (bicyclic) bond motifs is 1. The smallest absolute Gasteiger partial charge is 0.223 e. The van der Waals surface area contributed by atoms with Crippen LogP contribution >= 0.6 is 11.8 Å². The van der Waals surface area contributed by atoms with Gasteiger partial charge in [-0.25, -0.2) is 4.98 Å². The topological polar surface area (TPSA) is 56.1 Å². The molecule has 23 heavy (non-hydrogen) atoms. The second-order valence-corrected chi connectivity index (χ2v) is 6.43. The Kier molecular flexibility index (Phi) is 4.91. The van der Waals surface area contributed by atoms with Crippen LogP contribution in [0, 0.1) is 5.92 Å². The highest BCUT2D eigenvalue weighted by Gasteiger charge is 2.23. The predicted octanol–water partition coefficient (Wildman–Crippen LogP) is 2.40. The molecule has 122 valence electrons. The molecule has 1 aliphatic rings. The van der Waals surface area contributed by atoms with E-state index >= 15 is 0 Å². The van der Waals surface area contributed by atoms with Gasteiger partial charge in [-0.05, 0) is 30.7 Å². The van der Waals surface area contributed by atoms with Crippen LogP contribution < -0.4 is 10.1 Å². The molecule has 2 aromatic rings. The number of carbonyl (C=O) groups excluding carboxylic acids is 1. The maximum atomic E-state index is 12.5. The summed E-state index contributed by atoms with van der Waals surface area (Å²) >= 11 is 1.60. The fraction of sp³-hybridized carbons (Fsp3) is 0.412. The largest absolute Gasteiger partial charge is 0.493 e. The van der Waals surface area contributed by atoms with Crippen LogP contribution in [0.4, 0.5) is 0 Å². The maximum absolute atomic E-state index is 12.5. The molecule has 3 rings (SSSR count). The zero-order chi connectivity index (χ0) is 16.2. The van der Waals surface area contributed by atoms with E-state index in [1.807, 2.05) is 48.3 Å². The van der Waals surface area contributed by atoms with Crippen molar-refractivity contribution in [2.24, 2.45) is 13.0 Å². The molecule has 2 heterocycles. The highest BCUT2D eigenvalue weighted by molar-refractivity contribution is 7.98. The number of ether oxygens (including phenoxy) is 1. The standard InChI is InChI=1S/C17H21N3O2S/c1-20-14(11-19-17(20)23-2)10-18-16(21)13-7-8-22-15-6-4-3-5-12(15)9-13/h3-6,11,13H,7-10H2,1-2H3,(H,18,21)/t13-/m0/s1. The zero-order valence-corrected chi connectivity index (χ0v) is 14.2. The summed E-state index contributed by atoms with van der Waals surface area (Å²) in [6.45, 7) is 1.08. The molecule has 1 aromatic heterocycles. The number of nitrogens with one attached hydrogen (secondary N) is 1. The first-order chi connectivity index (χ1) is 11.2. The van der Waals surface area contributed by atoms with Crippen molar-refractivity contribution in [3.05, 3.63) is 41.7 Å². The van der Waals surface area contributed by atoms with Crippen LogP contribution in [-0.4, -0.2) is 28.3 Å². The van der Waals surface area contributed by atoms with Crippen LogP contribution in [0.15, 0.2) is 35.6 Å². The van der Waals surface area contributed by atoms with Crippen LogP contribution in [0.3, 0.4) is 0 Å². The first kappa shape index (κ1) is 15.9. The van der Waals surface area contributed by atoms with E-state index in [0.29, 0.717) is 13.2 Å². The van der Waals surface area contributed by atoms with Crippen molar-refractivity contribution in [3.8, 4) is 5.75 Å². The van der Waals surface area contributed by atoms with E-state index in [0.717, 1.165) is 35.0 Å². The van der Waals surface area contributed by atoms with Crippen molar-refractivity contribution < 1.29 is 9.53 Å². The molecule has 0 aliphatic carbocycles. The van der Waals surface area contributed by atoms with Gasteiger partial charge in [0.2, 0.25) is 5.91 Å². The van der Waals surface area contributed by atoms with Gasteiger partial charge in [0.1, 0.15) is 5.75 Å². The number of hydrogen-bond donors (Lipinski definition) is 1. The van der Waals surface area contributed by atoms with Gasteiger partial charge in [0, 0.05) is 13.0 Å². The van der Waals surface area contributed by atoms with E-state index in [4.69, 9.17) is 4.74 Å². The molecule has 6 heteroatoms. The Hall–Kier alpha value is -1.95. The van der Waals surface area contributed by atoms with E-state index in [1.54, 1.807) is 11.8 Å². The van der Waals surface area contributed by atoms with Gasteiger partial charge in [-0.2, -0.15) is 0 Å². The number of imidazole rings is 1. The third-order valence-corrected chi connectivity index (χ3v) is 4.95. The number of thioether (sulfide) groups is 1. The van der Waals surface area contributed by atoms with Crippen molar-refractivity contribution in [3.63, 3.8) is 0 Å². The molecule has 0 bridgehead atoms. The molecule has 0 fully saturated rings. The van der Waals surface area contributed by atoms with E-state index in [9.17, 15) is 4.79 Å². The normalized spacial score (nSPS) is 17.0. The van der Waals surface area contributed by atoms with Crippen molar-refractivity contribution >= 4 is 17.7 Å². The summed E-state index contributed by atoms with van der Waals surface area (Å²) in [5.41, 5.74) is 2.11. The van der Waals surface area contributed by atoms with Crippen molar-refractivity contribution in [2.75, 3.05) is 12.9 Å². The first-order valence-electron chi connectivity index (χ1n) is 7.72. The summed E-state index contributed by atoms with van der Waals surface area (Å²) in [6.07, 6.45) is 5.27. The molecule has 1 aliphatic heterocycles. The predicted molar refractivity (Wildman–Crippen MR) is 90.6 cm³/mol. The fourth-order valence-electron chi connectivity index (χ4n) is 2.82. The monoisotopic (exact) mass is 331 g/mol. The van der Waals surface area contributed by atoms with Gasteiger partial charge >= 0.3 is 0 Å². The molecule has 1 amide bonds. The lowest BCUT2D eigenvalue weighted by Gasteiger charge is -2.14. The highest BCUT2D eigenvalue weighted by atomic mass is 32.2. The number of rotatable bonds is 4. The number of para-hydroxylation sites is 1. The van der Waals surface area contributed by atoms with E-state index in [-0.39, 0.29) is 11.8 Å². The lowest BCUT2D eigenvalue weighted by molar-refractivity contribution is -0.125. The third-order valence-electron chi connectivity index (χ3n) is 4.20. The summed E-state index contributed by atoms with van der Waals surface area (Å²) in [7, 11) is 1.97. The van der Waals surface area contributed by atoms with Gasteiger partial charge in [0.15, 0.2) is 5.16 Å². The van der Waals surface area contributed by atoms with Crippen LogP contribution in [0.25, 0.3) is 0 Å². The molecule has 0 unspecified atom stereocenters. The van der Waals surface area contributed by atoms with Crippen molar-refractivity contribution in [1.29, 1.82) is 0 Å². The van der Waals surface area contributed by atoms with Gasteiger partial charge in [-0.3, -0.25) is 4.79 Å². The minimum absolute atomic E-state index is 0.0492. The Morgan fingerprint density at radius 2 is 2.30 bits per heavy atom. The summed E-state index contributed by atoms with van der Waals surface area (Å²) in [6, 6.07) is 7.95. The molecular weight excluding hydrogens is 310 g/mol. The third kappa shape index (κ3) is 3.52. The number of carbonyl (C=O) groups is 1. The molecule has 0 saturated heterocycles. The minimum atomic E-state index is -0.0492. The zero-order valence-electron chi connectivity index (χ0n) is 13.4. The molecule has 5 nitrogen and oxygen atoms in total. The average Bonchev–Trinajstić information content (AvgIpc) is 2.79. The van der Waals surface area contributed by atoms with Crippen LogP contribution in [0.5, 0.6) is 5.75 Å². The highest BCUT2D eigenvalue weighted by Crippen LogP contribution is 2.26. The molecule has 0 radical (unpaired) electrons. The maximum Gasteiger partial charge on any atom is 0.223 e. The van der Waals surface area contributed by atoms with Gasteiger partial charge in [0.05, 0.1) is 25.0 Å². The number of nitrogens with zero attached hydrogens (tertiary/aromatic N) is 2. The molecule has 0 spiro atoms. The van der Waals surface area contributed by atoms with Gasteiger partial charge in [-0.15, -0.1) is 0 Å².